The molecule has 1 aromatic carbocycles. The summed E-state index contributed by atoms with van der Waals surface area (Å²) in [5.74, 6) is 0.915. The third-order valence-electron chi connectivity index (χ3n) is 6.33. The normalized spacial score (nSPS) is 15.9. The molecule has 0 aliphatic carbocycles. The smallest absolute Gasteiger partial charge is 0.222 e. The van der Waals surface area contributed by atoms with Crippen LogP contribution in [0.1, 0.15) is 24.1 Å². The molecule has 0 bridgehead atoms. The highest BCUT2D eigenvalue weighted by atomic mass is 35.5. The maximum absolute atomic E-state index is 12.1. The molecule has 4 heterocycles. The van der Waals surface area contributed by atoms with Crippen LogP contribution in [0.15, 0.2) is 55.0 Å². The number of halogens is 1. The molecule has 13 heteroatoms. The number of anilines is 1. The number of nitrogens with zero attached hydrogens (tertiary/aromatic N) is 5. The lowest BCUT2D eigenvalue weighted by Crippen LogP contribution is -2.49. The zero-order valence-corrected chi connectivity index (χ0v) is 23.1. The Morgan fingerprint density at radius 3 is 2.50 bits per heavy atom. The highest BCUT2D eigenvalue weighted by molar-refractivity contribution is 7.88. The highest BCUT2D eigenvalue weighted by Gasteiger charge is 2.32. The Hall–Kier alpha value is -3.16. The lowest BCUT2D eigenvalue weighted by atomic mass is 9.95. The molecule has 4 aromatic rings. The van der Waals surface area contributed by atoms with Crippen molar-refractivity contribution in [3.05, 3.63) is 71.1 Å². The minimum absolute atomic E-state index is 0.185. The van der Waals surface area contributed by atoms with Crippen molar-refractivity contribution in [3.8, 4) is 21.1 Å². The van der Waals surface area contributed by atoms with E-state index >= 15 is 0 Å². The largest absolute Gasteiger partial charge is 0.327 e. The maximum Gasteiger partial charge on any atom is 0.222 e. The Balaban J connectivity index is 1.61. The van der Waals surface area contributed by atoms with Gasteiger partial charge in [0.25, 0.3) is 0 Å². The van der Waals surface area contributed by atoms with Gasteiger partial charge in [0.2, 0.25) is 15.9 Å². The molecule has 198 valence electrons. The van der Waals surface area contributed by atoms with Crippen molar-refractivity contribution >= 4 is 44.7 Å². The molecule has 1 unspecified atom stereocenters. The number of piperazine rings is 1. The molecular formula is C25H26ClN7O3S2. The molecule has 10 nitrogen and oxygen atoms in total. The number of thiophene rings is 1. The van der Waals surface area contributed by atoms with Crippen LogP contribution in [0, 0.1) is 0 Å². The monoisotopic (exact) mass is 571 g/mol. The molecule has 1 fully saturated rings. The first-order chi connectivity index (χ1) is 18.2. The minimum Gasteiger partial charge on any atom is -0.327 e. The van der Waals surface area contributed by atoms with E-state index in [0.29, 0.717) is 42.8 Å². The van der Waals surface area contributed by atoms with Crippen LogP contribution >= 0.6 is 22.9 Å². The fourth-order valence-corrected chi connectivity index (χ4v) is 6.70. The molecule has 1 atom stereocenters. The highest BCUT2D eigenvalue weighted by Crippen LogP contribution is 2.44. The number of aromatic amines is 1. The van der Waals surface area contributed by atoms with Crippen LogP contribution in [0.25, 0.3) is 21.1 Å². The molecular weight excluding hydrogens is 546 g/mol. The molecule has 1 saturated heterocycles. The lowest BCUT2D eigenvalue weighted by molar-refractivity contribution is -0.114. The summed E-state index contributed by atoms with van der Waals surface area (Å²) in [5.41, 5.74) is 2.94. The zero-order valence-electron chi connectivity index (χ0n) is 20.8. The molecule has 0 radical (unpaired) electrons. The van der Waals surface area contributed by atoms with Gasteiger partial charge in [-0.15, -0.1) is 21.5 Å². The van der Waals surface area contributed by atoms with Crippen molar-refractivity contribution in [3.63, 3.8) is 0 Å². The van der Waals surface area contributed by atoms with Crippen molar-refractivity contribution in [2.24, 2.45) is 0 Å². The Morgan fingerprint density at radius 1 is 1.13 bits per heavy atom. The summed E-state index contributed by atoms with van der Waals surface area (Å²) in [5, 5.41) is 11.7. The first kappa shape index (κ1) is 26.4. The van der Waals surface area contributed by atoms with Crippen molar-refractivity contribution < 1.29 is 13.2 Å². The van der Waals surface area contributed by atoms with E-state index in [2.05, 4.69) is 36.4 Å². The quantitative estimate of drug-likeness (QED) is 0.345. The average Bonchev–Trinajstić information content (AvgIpc) is 3.56. The van der Waals surface area contributed by atoms with E-state index in [4.69, 9.17) is 11.6 Å². The SMILES string of the molecule is CC(=O)Nc1cc(-c2cc(C(c3ccc(Cl)cc3)N3CCN(S(C)(=O)=O)CC3)c(-c3nnc[nH]3)s2)ccn1. The van der Waals surface area contributed by atoms with Gasteiger partial charge in [-0.1, -0.05) is 23.7 Å². The molecule has 0 saturated carbocycles. The molecule has 3 aromatic heterocycles. The number of nitrogens with one attached hydrogen (secondary N) is 2. The predicted molar refractivity (Wildman–Crippen MR) is 149 cm³/mol. The van der Waals surface area contributed by atoms with Crippen molar-refractivity contribution in [1.29, 1.82) is 0 Å². The number of carbonyl (C=O) groups excluding carboxylic acids is 1. The molecule has 38 heavy (non-hydrogen) atoms. The van der Waals surface area contributed by atoms with Gasteiger partial charge in [0.05, 0.1) is 17.2 Å². The number of aromatic nitrogens is 4. The van der Waals surface area contributed by atoms with Crippen molar-refractivity contribution in [1.82, 2.24) is 29.4 Å². The van der Waals surface area contributed by atoms with E-state index in [1.54, 1.807) is 23.9 Å². The number of H-pyrrole nitrogens is 1. The zero-order chi connectivity index (χ0) is 26.9. The van der Waals surface area contributed by atoms with Gasteiger partial charge in [0.15, 0.2) is 5.82 Å². The van der Waals surface area contributed by atoms with Gasteiger partial charge in [0.1, 0.15) is 12.1 Å². The second-order valence-electron chi connectivity index (χ2n) is 9.00. The maximum atomic E-state index is 12.1. The van der Waals surface area contributed by atoms with Gasteiger partial charge in [-0.3, -0.25) is 9.69 Å². The molecule has 5 rings (SSSR count). The second kappa shape index (κ2) is 10.9. The van der Waals surface area contributed by atoms with Gasteiger partial charge in [-0.2, -0.15) is 4.31 Å². The van der Waals surface area contributed by atoms with Gasteiger partial charge in [-0.05, 0) is 47.0 Å². The van der Waals surface area contributed by atoms with Crippen LogP contribution in [0.2, 0.25) is 5.02 Å². The molecule has 1 aliphatic rings. The number of amides is 1. The predicted octanol–water partition coefficient (Wildman–Crippen LogP) is 3.87. The number of benzene rings is 1. The summed E-state index contributed by atoms with van der Waals surface area (Å²) in [6.45, 7) is 3.37. The molecule has 1 amide bonds. The van der Waals surface area contributed by atoms with E-state index in [-0.39, 0.29) is 11.9 Å². The fraction of sp³-hybridized carbons (Fsp3) is 0.280. The molecule has 1 aliphatic heterocycles. The number of hydrogen-bond donors (Lipinski definition) is 2. The number of sulfonamides is 1. The van der Waals surface area contributed by atoms with Crippen LogP contribution in [0.5, 0.6) is 0 Å². The average molecular weight is 572 g/mol. The summed E-state index contributed by atoms with van der Waals surface area (Å²) in [4.78, 5) is 23.1. The number of pyridine rings is 1. The first-order valence-electron chi connectivity index (χ1n) is 11.9. The van der Waals surface area contributed by atoms with E-state index < -0.39 is 10.0 Å². The van der Waals surface area contributed by atoms with Gasteiger partial charge >= 0.3 is 0 Å². The molecule has 0 spiro atoms. The van der Waals surface area contributed by atoms with Gasteiger partial charge in [-0.25, -0.2) is 13.4 Å². The van der Waals surface area contributed by atoms with E-state index in [0.717, 1.165) is 26.4 Å². The lowest BCUT2D eigenvalue weighted by Gasteiger charge is -2.38. The third-order valence-corrected chi connectivity index (χ3v) is 9.09. The van der Waals surface area contributed by atoms with E-state index in [9.17, 15) is 13.2 Å². The van der Waals surface area contributed by atoms with Crippen LogP contribution < -0.4 is 5.32 Å². The standard InChI is InChI=1S/C25H26ClN7O3S2/c1-16(34)30-22-13-18(7-8-27-22)21-14-20(24(37-21)25-28-15-29-31-25)23(17-3-5-19(26)6-4-17)32-9-11-33(12-10-32)38(2,35)36/h3-8,13-15,23H,9-12H2,1-2H3,(H,27,30,34)(H,28,29,31). The van der Waals surface area contributed by atoms with Crippen molar-refractivity contribution in [2.75, 3.05) is 37.8 Å². The molecule has 2 N–H and O–H groups in total. The topological polar surface area (TPSA) is 124 Å². The van der Waals surface area contributed by atoms with E-state index in [1.165, 1.54) is 17.5 Å². The van der Waals surface area contributed by atoms with Crippen molar-refractivity contribution in [2.45, 2.75) is 13.0 Å². The first-order valence-corrected chi connectivity index (χ1v) is 14.9. The number of carbonyl (C=O) groups is 1. The fourth-order valence-electron chi connectivity index (χ4n) is 4.61. The number of rotatable bonds is 7. The second-order valence-corrected chi connectivity index (χ2v) is 12.5. The third kappa shape index (κ3) is 5.79. The van der Waals surface area contributed by atoms with Gasteiger partial charge in [0, 0.05) is 49.2 Å². The summed E-state index contributed by atoms with van der Waals surface area (Å²) in [7, 11) is -3.27. The van der Waals surface area contributed by atoms with Crippen LogP contribution in [0.3, 0.4) is 0 Å². The Kier molecular flexibility index (Phi) is 7.59. The minimum atomic E-state index is -3.27. The summed E-state index contributed by atoms with van der Waals surface area (Å²) < 4.78 is 25.8. The Labute approximate surface area is 229 Å². The Bertz CT molecular complexity index is 1530. The van der Waals surface area contributed by atoms with Gasteiger partial charge < -0.3 is 10.3 Å². The summed E-state index contributed by atoms with van der Waals surface area (Å²) in [6, 6.07) is 13.4. The summed E-state index contributed by atoms with van der Waals surface area (Å²) >= 11 is 7.78. The van der Waals surface area contributed by atoms with Crippen LogP contribution in [-0.2, 0) is 14.8 Å². The summed E-state index contributed by atoms with van der Waals surface area (Å²) in [6.07, 6.45) is 4.45. The number of hydrogen-bond acceptors (Lipinski definition) is 8. The Morgan fingerprint density at radius 2 is 1.87 bits per heavy atom. The van der Waals surface area contributed by atoms with Crippen LogP contribution in [0.4, 0.5) is 5.82 Å². The van der Waals surface area contributed by atoms with Crippen LogP contribution in [-0.4, -0.2) is 76.1 Å². The van der Waals surface area contributed by atoms with E-state index in [1.807, 2.05) is 36.4 Å².